The summed E-state index contributed by atoms with van der Waals surface area (Å²) in [6.07, 6.45) is 0.0944. The number of ether oxygens (including phenoxy) is 1. The summed E-state index contributed by atoms with van der Waals surface area (Å²) < 4.78 is 57.2. The average Bonchev–Trinajstić information content (AvgIpc) is 2.80. The Morgan fingerprint density at radius 1 is 0.943 bits per heavy atom. The molecule has 3 aromatic rings. The summed E-state index contributed by atoms with van der Waals surface area (Å²) in [5.74, 6) is -0.0311. The lowest BCUT2D eigenvalue weighted by atomic mass is 10.1. The Morgan fingerprint density at radius 2 is 1.57 bits per heavy atom. The number of hydrogen-bond acceptors (Lipinski definition) is 6. The van der Waals surface area contributed by atoms with Crippen molar-refractivity contribution < 1.29 is 26.4 Å². The maximum atomic E-state index is 13.2. The minimum atomic E-state index is -4.06. The highest BCUT2D eigenvalue weighted by atomic mass is 32.2. The highest BCUT2D eigenvalue weighted by Gasteiger charge is 2.27. The van der Waals surface area contributed by atoms with E-state index in [2.05, 4.69) is 10.0 Å². The molecule has 186 valence electrons. The molecule has 0 bridgehead atoms. The molecule has 0 radical (unpaired) electrons. The van der Waals surface area contributed by atoms with Crippen molar-refractivity contribution in [1.82, 2.24) is 4.72 Å². The maximum Gasteiger partial charge on any atom is 0.242 e. The number of hydrogen-bond donors (Lipinski definition) is 3. The third kappa shape index (κ3) is 7.12. The first-order chi connectivity index (χ1) is 16.5. The molecule has 0 unspecified atom stereocenters. The zero-order valence-electron chi connectivity index (χ0n) is 19.3. The van der Waals surface area contributed by atoms with Gasteiger partial charge in [0, 0.05) is 5.69 Å². The summed E-state index contributed by atoms with van der Waals surface area (Å²) in [5.41, 5.74) is 1.69. The van der Waals surface area contributed by atoms with E-state index in [0.717, 1.165) is 5.56 Å². The third-order valence-corrected chi connectivity index (χ3v) is 7.50. The van der Waals surface area contributed by atoms with Gasteiger partial charge in [0.15, 0.2) is 0 Å². The van der Waals surface area contributed by atoms with E-state index in [4.69, 9.17) is 9.88 Å². The van der Waals surface area contributed by atoms with Gasteiger partial charge in [-0.05, 0) is 73.9 Å². The standard InChI is InChI=1S/C24H27N3O6S2/c1-3-33-23-14-13-21(15-17(23)2)35(31,32)27-22(16-18-7-5-4-6-8-18)24(28)26-19-9-11-20(12-10-19)34(25,29)30/h4-15,22,27H,3,16H2,1-2H3,(H,26,28)(H2,25,29,30)/t22-/m0/s1. The molecule has 0 aromatic heterocycles. The van der Waals surface area contributed by atoms with Gasteiger partial charge in [-0.15, -0.1) is 0 Å². The van der Waals surface area contributed by atoms with Crippen molar-refractivity contribution in [3.63, 3.8) is 0 Å². The number of carbonyl (C=O) groups excluding carboxylic acids is 1. The van der Waals surface area contributed by atoms with Crippen LogP contribution in [-0.4, -0.2) is 35.4 Å². The van der Waals surface area contributed by atoms with Crippen LogP contribution in [0.4, 0.5) is 5.69 Å². The highest BCUT2D eigenvalue weighted by Crippen LogP contribution is 2.22. The predicted molar refractivity (Wildman–Crippen MR) is 133 cm³/mol. The van der Waals surface area contributed by atoms with Crippen LogP contribution in [0.25, 0.3) is 0 Å². The molecule has 0 aliphatic rings. The Morgan fingerprint density at radius 3 is 2.14 bits per heavy atom. The lowest BCUT2D eigenvalue weighted by Crippen LogP contribution is -2.45. The lowest BCUT2D eigenvalue weighted by Gasteiger charge is -2.19. The molecule has 1 atom stereocenters. The van der Waals surface area contributed by atoms with E-state index in [0.29, 0.717) is 17.9 Å². The monoisotopic (exact) mass is 517 g/mol. The number of sulfonamides is 2. The SMILES string of the molecule is CCOc1ccc(S(=O)(=O)N[C@@H](Cc2ccccc2)C(=O)Nc2ccc(S(N)(=O)=O)cc2)cc1C. The molecular formula is C24H27N3O6S2. The Balaban J connectivity index is 1.86. The summed E-state index contributed by atoms with van der Waals surface area (Å²) in [6, 6.07) is 17.6. The van der Waals surface area contributed by atoms with Gasteiger partial charge in [0.2, 0.25) is 26.0 Å². The molecule has 4 N–H and O–H groups in total. The zero-order chi connectivity index (χ0) is 25.6. The van der Waals surface area contributed by atoms with Crippen LogP contribution in [0.1, 0.15) is 18.1 Å². The van der Waals surface area contributed by atoms with Crippen LogP contribution in [0, 0.1) is 6.92 Å². The lowest BCUT2D eigenvalue weighted by molar-refractivity contribution is -0.117. The molecule has 3 rings (SSSR count). The van der Waals surface area contributed by atoms with Crippen molar-refractivity contribution in [2.24, 2.45) is 5.14 Å². The van der Waals surface area contributed by atoms with Crippen LogP contribution < -0.4 is 19.9 Å². The van der Waals surface area contributed by atoms with Crippen molar-refractivity contribution in [2.75, 3.05) is 11.9 Å². The topological polar surface area (TPSA) is 145 Å². The van der Waals surface area contributed by atoms with Crippen molar-refractivity contribution in [2.45, 2.75) is 36.1 Å². The number of aryl methyl sites for hydroxylation is 1. The minimum absolute atomic E-state index is 0.00169. The summed E-state index contributed by atoms with van der Waals surface area (Å²) in [5, 5.41) is 7.73. The van der Waals surface area contributed by atoms with Gasteiger partial charge in [-0.2, -0.15) is 4.72 Å². The van der Waals surface area contributed by atoms with Gasteiger partial charge in [0.1, 0.15) is 11.8 Å². The molecular weight excluding hydrogens is 490 g/mol. The molecule has 0 fully saturated rings. The first-order valence-electron chi connectivity index (χ1n) is 10.7. The second kappa shape index (κ2) is 11.0. The molecule has 0 spiro atoms. The summed E-state index contributed by atoms with van der Waals surface area (Å²) in [6.45, 7) is 4.02. The molecule has 0 saturated carbocycles. The van der Waals surface area contributed by atoms with Gasteiger partial charge in [0.25, 0.3) is 0 Å². The van der Waals surface area contributed by atoms with Crippen LogP contribution in [0.3, 0.4) is 0 Å². The second-order valence-corrected chi connectivity index (χ2v) is 11.1. The van der Waals surface area contributed by atoms with Crippen LogP contribution in [0.5, 0.6) is 5.75 Å². The number of rotatable bonds is 10. The summed E-state index contributed by atoms with van der Waals surface area (Å²) in [7, 11) is -7.94. The van der Waals surface area contributed by atoms with Gasteiger partial charge in [0.05, 0.1) is 16.4 Å². The number of nitrogens with two attached hydrogens (primary N) is 1. The fraction of sp³-hybridized carbons (Fsp3) is 0.208. The first kappa shape index (κ1) is 26.4. The molecule has 0 heterocycles. The normalized spacial score (nSPS) is 12.7. The van der Waals surface area contributed by atoms with E-state index in [1.165, 1.54) is 36.4 Å². The predicted octanol–water partition coefficient (Wildman–Crippen LogP) is 2.57. The van der Waals surface area contributed by atoms with Gasteiger partial charge >= 0.3 is 0 Å². The Bertz CT molecular complexity index is 1390. The fourth-order valence-electron chi connectivity index (χ4n) is 3.36. The van der Waals surface area contributed by atoms with E-state index in [9.17, 15) is 21.6 Å². The van der Waals surface area contributed by atoms with Gasteiger partial charge in [-0.3, -0.25) is 4.79 Å². The van der Waals surface area contributed by atoms with Crippen LogP contribution in [0.15, 0.2) is 82.6 Å². The van der Waals surface area contributed by atoms with Gasteiger partial charge < -0.3 is 10.1 Å². The molecule has 0 saturated heterocycles. The fourth-order valence-corrected chi connectivity index (χ4v) is 5.15. The van der Waals surface area contributed by atoms with E-state index in [-0.39, 0.29) is 21.9 Å². The average molecular weight is 518 g/mol. The van der Waals surface area contributed by atoms with E-state index in [1.54, 1.807) is 37.3 Å². The second-order valence-electron chi connectivity index (χ2n) is 7.78. The van der Waals surface area contributed by atoms with Crippen molar-refractivity contribution in [3.05, 3.63) is 83.9 Å². The minimum Gasteiger partial charge on any atom is -0.494 e. The Hall–Kier alpha value is -3.25. The molecule has 35 heavy (non-hydrogen) atoms. The molecule has 9 nitrogen and oxygen atoms in total. The number of benzene rings is 3. The molecule has 11 heteroatoms. The Labute approximate surface area is 205 Å². The van der Waals surface area contributed by atoms with Crippen LogP contribution in [-0.2, 0) is 31.3 Å². The highest BCUT2D eigenvalue weighted by molar-refractivity contribution is 7.89. The van der Waals surface area contributed by atoms with Crippen molar-refractivity contribution >= 4 is 31.6 Å². The Kier molecular flexibility index (Phi) is 8.28. The third-order valence-electron chi connectivity index (χ3n) is 5.10. The molecule has 1 amide bonds. The zero-order valence-corrected chi connectivity index (χ0v) is 20.9. The van der Waals surface area contributed by atoms with Gasteiger partial charge in [-0.1, -0.05) is 30.3 Å². The number of amides is 1. The number of carbonyl (C=O) groups is 1. The summed E-state index contributed by atoms with van der Waals surface area (Å²) in [4.78, 5) is 13.0. The van der Waals surface area contributed by atoms with E-state index in [1.807, 2.05) is 13.0 Å². The van der Waals surface area contributed by atoms with Crippen molar-refractivity contribution in [3.8, 4) is 5.75 Å². The molecule has 0 aliphatic heterocycles. The van der Waals surface area contributed by atoms with Crippen molar-refractivity contribution in [1.29, 1.82) is 0 Å². The molecule has 3 aromatic carbocycles. The number of primary sulfonamides is 1. The largest absolute Gasteiger partial charge is 0.494 e. The number of nitrogens with one attached hydrogen (secondary N) is 2. The number of anilines is 1. The van der Waals surface area contributed by atoms with Crippen LogP contribution in [0.2, 0.25) is 0 Å². The smallest absolute Gasteiger partial charge is 0.242 e. The quantitative estimate of drug-likeness (QED) is 0.377. The summed E-state index contributed by atoms with van der Waals surface area (Å²) >= 11 is 0. The van der Waals surface area contributed by atoms with Gasteiger partial charge in [-0.25, -0.2) is 22.0 Å². The van der Waals surface area contributed by atoms with E-state index < -0.39 is 32.0 Å². The first-order valence-corrected chi connectivity index (χ1v) is 13.8. The maximum absolute atomic E-state index is 13.2. The molecule has 0 aliphatic carbocycles. The van der Waals surface area contributed by atoms with Crippen LogP contribution >= 0.6 is 0 Å². The van der Waals surface area contributed by atoms with E-state index >= 15 is 0 Å².